The fourth-order valence-corrected chi connectivity index (χ4v) is 1.47. The number of ether oxygens (including phenoxy) is 1. The van der Waals surface area contributed by atoms with Crippen LogP contribution in [0.4, 0.5) is 0 Å². The van der Waals surface area contributed by atoms with Crippen LogP contribution in [0.25, 0.3) is 6.08 Å². The number of esters is 1. The molecule has 0 fully saturated rings. The van der Waals surface area contributed by atoms with Gasteiger partial charge in [-0.3, -0.25) is 9.63 Å². The lowest BCUT2D eigenvalue weighted by molar-refractivity contribution is -0.144. The van der Waals surface area contributed by atoms with Crippen molar-refractivity contribution in [2.75, 3.05) is 13.2 Å². The standard InChI is InChI=1S/C17H23NO4/c1-5-21-15(19)14(11-13-9-7-6-8-10-13)12-22-18-16(20)17(2,3)4/h6-11H,5,12H2,1-4H3,(H,18,20)/b14-11+. The Kier molecular flexibility index (Phi) is 6.79. The van der Waals surface area contributed by atoms with Gasteiger partial charge in [0.15, 0.2) is 0 Å². The average molecular weight is 305 g/mol. The molecule has 0 aliphatic rings. The van der Waals surface area contributed by atoms with Crippen molar-refractivity contribution in [1.29, 1.82) is 0 Å². The summed E-state index contributed by atoms with van der Waals surface area (Å²) in [5, 5.41) is 0. The third-order valence-electron chi connectivity index (χ3n) is 2.75. The van der Waals surface area contributed by atoms with E-state index in [0.717, 1.165) is 5.56 Å². The smallest absolute Gasteiger partial charge is 0.336 e. The number of rotatable bonds is 6. The molecule has 1 N–H and O–H groups in total. The lowest BCUT2D eigenvalue weighted by Crippen LogP contribution is -2.35. The molecule has 120 valence electrons. The molecule has 5 heteroatoms. The van der Waals surface area contributed by atoms with Crippen molar-refractivity contribution in [3.63, 3.8) is 0 Å². The van der Waals surface area contributed by atoms with Crippen LogP contribution in [-0.4, -0.2) is 25.1 Å². The minimum Gasteiger partial charge on any atom is -0.463 e. The van der Waals surface area contributed by atoms with Crippen molar-refractivity contribution in [2.45, 2.75) is 27.7 Å². The van der Waals surface area contributed by atoms with Gasteiger partial charge >= 0.3 is 5.97 Å². The Morgan fingerprint density at radius 3 is 2.36 bits per heavy atom. The fourth-order valence-electron chi connectivity index (χ4n) is 1.47. The highest BCUT2D eigenvalue weighted by Crippen LogP contribution is 2.13. The summed E-state index contributed by atoms with van der Waals surface area (Å²) >= 11 is 0. The second kappa shape index (κ2) is 8.34. The van der Waals surface area contributed by atoms with Crippen molar-refractivity contribution in [1.82, 2.24) is 5.48 Å². The van der Waals surface area contributed by atoms with Gasteiger partial charge < -0.3 is 4.74 Å². The molecule has 1 rings (SSSR count). The third kappa shape index (κ3) is 6.10. The van der Waals surface area contributed by atoms with E-state index < -0.39 is 11.4 Å². The van der Waals surface area contributed by atoms with E-state index in [1.165, 1.54) is 0 Å². The molecule has 0 saturated carbocycles. The molecule has 0 aliphatic carbocycles. The summed E-state index contributed by atoms with van der Waals surface area (Å²) in [7, 11) is 0. The monoisotopic (exact) mass is 305 g/mol. The van der Waals surface area contributed by atoms with Gasteiger partial charge in [0.1, 0.15) is 6.61 Å². The van der Waals surface area contributed by atoms with Crippen molar-refractivity contribution >= 4 is 18.0 Å². The van der Waals surface area contributed by atoms with Crippen molar-refractivity contribution < 1.29 is 19.2 Å². The van der Waals surface area contributed by atoms with Crippen LogP contribution in [0.5, 0.6) is 0 Å². The van der Waals surface area contributed by atoms with Crippen LogP contribution < -0.4 is 5.48 Å². The molecule has 0 unspecified atom stereocenters. The van der Waals surface area contributed by atoms with E-state index in [1.54, 1.807) is 33.8 Å². The van der Waals surface area contributed by atoms with Crippen LogP contribution in [0, 0.1) is 5.41 Å². The molecule has 0 atom stereocenters. The molecule has 5 nitrogen and oxygen atoms in total. The Morgan fingerprint density at radius 2 is 1.82 bits per heavy atom. The van der Waals surface area contributed by atoms with E-state index in [-0.39, 0.29) is 19.1 Å². The molecule has 0 saturated heterocycles. The Morgan fingerprint density at radius 1 is 1.18 bits per heavy atom. The molecule has 1 aromatic rings. The first-order valence-corrected chi connectivity index (χ1v) is 7.19. The zero-order valence-electron chi connectivity index (χ0n) is 13.5. The fraction of sp³-hybridized carbons (Fsp3) is 0.412. The SMILES string of the molecule is CCOC(=O)/C(=C/c1ccccc1)CONC(=O)C(C)(C)C. The molecule has 0 aromatic heterocycles. The summed E-state index contributed by atoms with van der Waals surface area (Å²) in [5.74, 6) is -0.716. The number of nitrogens with one attached hydrogen (secondary N) is 1. The van der Waals surface area contributed by atoms with Gasteiger partial charge in [0, 0.05) is 5.41 Å². The van der Waals surface area contributed by atoms with Gasteiger partial charge in [0.05, 0.1) is 12.2 Å². The molecule has 0 spiro atoms. The van der Waals surface area contributed by atoms with Crippen LogP contribution in [0.3, 0.4) is 0 Å². The summed E-state index contributed by atoms with van der Waals surface area (Å²) in [6, 6.07) is 9.37. The van der Waals surface area contributed by atoms with Crippen LogP contribution >= 0.6 is 0 Å². The molecule has 0 heterocycles. The van der Waals surface area contributed by atoms with Crippen LogP contribution in [-0.2, 0) is 19.2 Å². The maximum atomic E-state index is 11.9. The van der Waals surface area contributed by atoms with E-state index in [0.29, 0.717) is 5.57 Å². The van der Waals surface area contributed by atoms with Gasteiger partial charge in [0.25, 0.3) is 0 Å². The predicted molar refractivity (Wildman–Crippen MR) is 84.6 cm³/mol. The van der Waals surface area contributed by atoms with E-state index in [1.807, 2.05) is 30.3 Å². The first kappa shape index (κ1) is 17.9. The van der Waals surface area contributed by atoms with Gasteiger partial charge in [0.2, 0.25) is 5.91 Å². The Bertz CT molecular complexity index is 529. The quantitative estimate of drug-likeness (QED) is 0.498. The molecule has 0 radical (unpaired) electrons. The molecule has 1 aromatic carbocycles. The van der Waals surface area contributed by atoms with E-state index >= 15 is 0 Å². The highest BCUT2D eigenvalue weighted by molar-refractivity contribution is 5.94. The molecule has 22 heavy (non-hydrogen) atoms. The second-order valence-electron chi connectivity index (χ2n) is 5.77. The highest BCUT2D eigenvalue weighted by atomic mass is 16.7. The van der Waals surface area contributed by atoms with Gasteiger partial charge in [-0.25, -0.2) is 10.3 Å². The number of hydrogen-bond donors (Lipinski definition) is 1. The van der Waals surface area contributed by atoms with E-state index in [4.69, 9.17) is 9.57 Å². The summed E-state index contributed by atoms with van der Waals surface area (Å²) in [6.07, 6.45) is 1.68. The van der Waals surface area contributed by atoms with Crippen molar-refractivity contribution in [2.24, 2.45) is 5.41 Å². The minimum absolute atomic E-state index is 0.0600. The third-order valence-corrected chi connectivity index (χ3v) is 2.75. The number of carbonyl (C=O) groups excluding carboxylic acids is 2. The highest BCUT2D eigenvalue weighted by Gasteiger charge is 2.21. The predicted octanol–water partition coefficient (Wildman–Crippen LogP) is 2.73. The Labute approximate surface area is 131 Å². The first-order chi connectivity index (χ1) is 10.3. The maximum absolute atomic E-state index is 11.9. The van der Waals surface area contributed by atoms with E-state index in [2.05, 4.69) is 5.48 Å². The molecule has 1 amide bonds. The van der Waals surface area contributed by atoms with Gasteiger partial charge in [-0.2, -0.15) is 0 Å². The van der Waals surface area contributed by atoms with Gasteiger partial charge in [-0.15, -0.1) is 0 Å². The topological polar surface area (TPSA) is 64.6 Å². The summed E-state index contributed by atoms with van der Waals surface area (Å²) < 4.78 is 5.00. The van der Waals surface area contributed by atoms with Crippen LogP contribution in [0.15, 0.2) is 35.9 Å². The largest absolute Gasteiger partial charge is 0.463 e. The van der Waals surface area contributed by atoms with Crippen molar-refractivity contribution in [3.05, 3.63) is 41.5 Å². The first-order valence-electron chi connectivity index (χ1n) is 7.19. The number of hydrogen-bond acceptors (Lipinski definition) is 4. The van der Waals surface area contributed by atoms with Crippen molar-refractivity contribution in [3.8, 4) is 0 Å². The average Bonchev–Trinajstić information content (AvgIpc) is 2.46. The zero-order valence-corrected chi connectivity index (χ0v) is 13.5. The minimum atomic E-state index is -0.562. The second-order valence-corrected chi connectivity index (χ2v) is 5.77. The zero-order chi connectivity index (χ0) is 16.6. The summed E-state index contributed by atoms with van der Waals surface area (Å²) in [5.41, 5.74) is 2.98. The Hall–Kier alpha value is -2.14. The van der Waals surface area contributed by atoms with Crippen LogP contribution in [0.1, 0.15) is 33.3 Å². The number of carbonyl (C=O) groups is 2. The van der Waals surface area contributed by atoms with Gasteiger partial charge in [-0.05, 0) is 18.6 Å². The Balaban J connectivity index is 2.74. The maximum Gasteiger partial charge on any atom is 0.336 e. The number of amides is 1. The molecule has 0 bridgehead atoms. The number of hydroxylamine groups is 1. The summed E-state index contributed by atoms with van der Waals surface area (Å²) in [6.45, 7) is 7.28. The normalized spacial score (nSPS) is 11.9. The molecule has 0 aliphatic heterocycles. The number of benzene rings is 1. The molecular weight excluding hydrogens is 282 g/mol. The summed E-state index contributed by atoms with van der Waals surface area (Å²) in [4.78, 5) is 28.8. The van der Waals surface area contributed by atoms with Gasteiger partial charge in [-0.1, -0.05) is 51.1 Å². The lowest BCUT2D eigenvalue weighted by atomic mass is 9.96. The lowest BCUT2D eigenvalue weighted by Gasteiger charge is -2.17. The van der Waals surface area contributed by atoms with E-state index in [9.17, 15) is 9.59 Å². The van der Waals surface area contributed by atoms with Crippen LogP contribution in [0.2, 0.25) is 0 Å². The molecular formula is C17H23NO4.